The molecule has 6 rings (SSSR count). The summed E-state index contributed by atoms with van der Waals surface area (Å²) in [5, 5.41) is 11.6. The molecule has 1 atom stereocenters. The van der Waals surface area contributed by atoms with Gasteiger partial charge in [0.15, 0.2) is 6.04 Å². The maximum absolute atomic E-state index is 14.2. The number of furan rings is 1. The van der Waals surface area contributed by atoms with Gasteiger partial charge in [-0.3, -0.25) is 20.0 Å². The molecule has 178 valence electrons. The predicted octanol–water partition coefficient (Wildman–Crippen LogP) is 3.12. The lowest BCUT2D eigenvalue weighted by molar-refractivity contribution is -0.120. The Labute approximate surface area is 198 Å². The molecule has 0 aliphatic carbocycles. The third-order valence-corrected chi connectivity index (χ3v) is 5.79. The normalized spacial score (nSPS) is 16.6. The van der Waals surface area contributed by atoms with Gasteiger partial charge in [-0.25, -0.2) is 9.18 Å². The number of rotatable bonds is 3. The third-order valence-electron chi connectivity index (χ3n) is 5.79. The maximum atomic E-state index is 14.2. The number of urea groups is 1. The minimum atomic E-state index is -0.902. The Morgan fingerprint density at radius 3 is 2.66 bits per heavy atom. The smallest absolute Gasteiger partial charge is 0.322 e. The molecule has 0 saturated carbocycles. The molecule has 1 fully saturated rings. The topological polar surface area (TPSA) is 130 Å². The Balaban J connectivity index is 0.000000166. The fraction of sp³-hybridized carbons (Fsp3) is 0.167. The Bertz CT molecular complexity index is 1460. The molecule has 10 nitrogen and oxygen atoms in total. The minimum Gasteiger partial charge on any atom is -0.497 e. The molecule has 4 amide bonds. The second-order valence-corrected chi connectivity index (χ2v) is 8.09. The molecule has 4 aromatic rings. The van der Waals surface area contributed by atoms with Gasteiger partial charge in [-0.05, 0) is 29.8 Å². The van der Waals surface area contributed by atoms with E-state index in [-0.39, 0.29) is 11.7 Å². The first-order valence-electron chi connectivity index (χ1n) is 10.6. The van der Waals surface area contributed by atoms with Crippen molar-refractivity contribution in [1.82, 2.24) is 25.7 Å². The Morgan fingerprint density at radius 1 is 1.14 bits per heavy atom. The summed E-state index contributed by atoms with van der Waals surface area (Å²) in [7, 11) is 3.40. The molecule has 0 spiro atoms. The number of carbonyl (C=O) groups is 3. The van der Waals surface area contributed by atoms with Crippen LogP contribution < -0.4 is 15.4 Å². The number of amides is 4. The summed E-state index contributed by atoms with van der Waals surface area (Å²) in [6.07, 6.45) is 3.09. The summed E-state index contributed by atoms with van der Waals surface area (Å²) in [4.78, 5) is 36.0. The molecular formula is C24H20FN5O5. The van der Waals surface area contributed by atoms with Gasteiger partial charge >= 0.3 is 6.03 Å². The van der Waals surface area contributed by atoms with E-state index in [9.17, 15) is 18.8 Å². The standard InChI is InChI=1S/C14H9FN4O3.C10H11NO2/c15-9-3-10-6(1-8(9)7-4-16-17-5-7)2-11(22-10)12-13(20)19-14(21)18-12;1-11-6-7-3-4-8(13-2)5-9(7)10(11)12/h1-5,12H,(H,16,17)(H2,18,19,20,21);3-5H,6H2,1-2H3. The van der Waals surface area contributed by atoms with Crippen LogP contribution in [0.5, 0.6) is 5.75 Å². The number of fused-ring (bicyclic) bond motifs is 2. The van der Waals surface area contributed by atoms with Crippen LogP contribution in [0.4, 0.5) is 9.18 Å². The average Bonchev–Trinajstić information content (AvgIpc) is 3.62. The number of aromatic amines is 1. The van der Waals surface area contributed by atoms with Crippen LogP contribution in [0.25, 0.3) is 22.1 Å². The lowest BCUT2D eigenvalue weighted by atomic mass is 10.1. The number of hydrogen-bond donors (Lipinski definition) is 3. The monoisotopic (exact) mass is 477 g/mol. The van der Waals surface area contributed by atoms with Crippen LogP contribution in [0.1, 0.15) is 27.7 Å². The van der Waals surface area contributed by atoms with E-state index in [2.05, 4.69) is 20.8 Å². The van der Waals surface area contributed by atoms with Crippen molar-refractivity contribution in [1.29, 1.82) is 0 Å². The van der Waals surface area contributed by atoms with Gasteiger partial charge in [0.05, 0.1) is 13.3 Å². The van der Waals surface area contributed by atoms with Crippen molar-refractivity contribution >= 4 is 28.8 Å². The van der Waals surface area contributed by atoms with Crippen LogP contribution in [0.3, 0.4) is 0 Å². The molecule has 35 heavy (non-hydrogen) atoms. The zero-order valence-corrected chi connectivity index (χ0v) is 18.7. The van der Waals surface area contributed by atoms with Crippen molar-refractivity contribution in [2.45, 2.75) is 12.6 Å². The molecule has 4 heterocycles. The van der Waals surface area contributed by atoms with Gasteiger partial charge in [0, 0.05) is 47.9 Å². The molecule has 1 unspecified atom stereocenters. The minimum absolute atomic E-state index is 0.0777. The van der Waals surface area contributed by atoms with Crippen molar-refractivity contribution in [2.24, 2.45) is 0 Å². The van der Waals surface area contributed by atoms with E-state index < -0.39 is 23.8 Å². The number of carbonyl (C=O) groups excluding carboxylic acids is 3. The first-order valence-corrected chi connectivity index (χ1v) is 10.6. The fourth-order valence-corrected chi connectivity index (χ4v) is 4.01. The van der Waals surface area contributed by atoms with E-state index in [1.807, 2.05) is 12.1 Å². The Morgan fingerprint density at radius 2 is 1.97 bits per heavy atom. The first kappa shape index (κ1) is 22.1. The molecule has 1 saturated heterocycles. The second-order valence-electron chi connectivity index (χ2n) is 8.09. The number of nitrogens with zero attached hydrogens (tertiary/aromatic N) is 2. The number of imide groups is 1. The first-order chi connectivity index (χ1) is 16.8. The quantitative estimate of drug-likeness (QED) is 0.389. The largest absolute Gasteiger partial charge is 0.497 e. The van der Waals surface area contributed by atoms with Crippen LogP contribution in [-0.2, 0) is 11.3 Å². The maximum Gasteiger partial charge on any atom is 0.322 e. The van der Waals surface area contributed by atoms with Gasteiger partial charge in [-0.1, -0.05) is 6.07 Å². The molecular weight excluding hydrogens is 457 g/mol. The van der Waals surface area contributed by atoms with Gasteiger partial charge in [-0.2, -0.15) is 5.10 Å². The highest BCUT2D eigenvalue weighted by atomic mass is 19.1. The molecule has 0 radical (unpaired) electrons. The van der Waals surface area contributed by atoms with Crippen molar-refractivity contribution < 1.29 is 27.9 Å². The van der Waals surface area contributed by atoms with Crippen molar-refractivity contribution in [3.8, 4) is 16.9 Å². The van der Waals surface area contributed by atoms with Crippen molar-refractivity contribution in [3.05, 3.63) is 71.5 Å². The summed E-state index contributed by atoms with van der Waals surface area (Å²) in [5.74, 6) is 0.104. The summed E-state index contributed by atoms with van der Waals surface area (Å²) >= 11 is 0. The number of methoxy groups -OCH3 is 1. The number of ether oxygens (including phenoxy) is 1. The second kappa shape index (κ2) is 8.60. The lowest BCUT2D eigenvalue weighted by Crippen LogP contribution is -2.22. The van der Waals surface area contributed by atoms with Crippen LogP contribution in [-0.4, -0.2) is 47.1 Å². The molecule has 0 bridgehead atoms. The van der Waals surface area contributed by atoms with Crippen LogP contribution >= 0.6 is 0 Å². The predicted molar refractivity (Wildman–Crippen MR) is 122 cm³/mol. The number of H-pyrrole nitrogens is 1. The van der Waals surface area contributed by atoms with Gasteiger partial charge in [0.2, 0.25) is 0 Å². The van der Waals surface area contributed by atoms with E-state index in [0.717, 1.165) is 16.9 Å². The van der Waals surface area contributed by atoms with Crippen LogP contribution in [0, 0.1) is 5.82 Å². The number of halogens is 1. The van der Waals surface area contributed by atoms with Crippen LogP contribution in [0.2, 0.25) is 0 Å². The number of hydrogen-bond acceptors (Lipinski definition) is 6. The van der Waals surface area contributed by atoms with Gasteiger partial charge in [-0.15, -0.1) is 0 Å². The Hall–Kier alpha value is -4.67. The highest BCUT2D eigenvalue weighted by molar-refractivity contribution is 6.04. The number of benzene rings is 2. The summed E-state index contributed by atoms with van der Waals surface area (Å²) < 4.78 is 24.7. The summed E-state index contributed by atoms with van der Waals surface area (Å²) in [5.41, 5.74) is 3.12. The van der Waals surface area contributed by atoms with Gasteiger partial charge < -0.3 is 19.4 Å². The van der Waals surface area contributed by atoms with E-state index >= 15 is 0 Å². The van der Waals surface area contributed by atoms with E-state index in [4.69, 9.17) is 9.15 Å². The number of aromatic nitrogens is 2. The highest BCUT2D eigenvalue weighted by Crippen LogP contribution is 2.31. The van der Waals surface area contributed by atoms with E-state index in [0.29, 0.717) is 28.6 Å². The lowest BCUT2D eigenvalue weighted by Gasteiger charge is -2.04. The van der Waals surface area contributed by atoms with Gasteiger partial charge in [0.1, 0.15) is 22.9 Å². The van der Waals surface area contributed by atoms with E-state index in [1.54, 1.807) is 43.5 Å². The highest BCUT2D eigenvalue weighted by Gasteiger charge is 2.33. The van der Waals surface area contributed by atoms with Crippen LogP contribution in [0.15, 0.2) is 53.2 Å². The van der Waals surface area contributed by atoms with E-state index in [1.165, 1.54) is 12.3 Å². The fourth-order valence-electron chi connectivity index (χ4n) is 4.01. The molecule has 2 aromatic carbocycles. The zero-order valence-electron chi connectivity index (χ0n) is 18.7. The molecule has 2 aliphatic rings. The molecule has 11 heteroatoms. The zero-order chi connectivity index (χ0) is 24.7. The Kier molecular flexibility index (Phi) is 5.44. The molecule has 2 aromatic heterocycles. The summed E-state index contributed by atoms with van der Waals surface area (Å²) in [6.45, 7) is 0.707. The SMILES string of the molecule is COc1ccc2c(c1)C(=O)N(C)C2.O=C1NC(=O)C(c2cc3cc(-c4cn[nH]c4)c(F)cc3o2)N1. The van der Waals surface area contributed by atoms with Crippen molar-refractivity contribution in [2.75, 3.05) is 14.2 Å². The average molecular weight is 477 g/mol. The third kappa shape index (κ3) is 4.07. The summed E-state index contributed by atoms with van der Waals surface area (Å²) in [6, 6.07) is 8.59. The number of nitrogens with one attached hydrogen (secondary N) is 3. The van der Waals surface area contributed by atoms with Gasteiger partial charge in [0.25, 0.3) is 11.8 Å². The molecule has 3 N–H and O–H groups in total. The van der Waals surface area contributed by atoms with Crippen molar-refractivity contribution in [3.63, 3.8) is 0 Å². The molecule has 2 aliphatic heterocycles.